The Bertz CT molecular complexity index is 838. The van der Waals surface area contributed by atoms with Gasteiger partial charge in [-0.25, -0.2) is 9.36 Å². The van der Waals surface area contributed by atoms with Crippen molar-refractivity contribution in [1.29, 1.82) is 0 Å². The standard InChI is InChI=1S/C14H17N7O2S/c1-9-6-10(2)21(19-9)13-17-18-14(20(13)15)24-8-12(22)16-7-11-4-3-5-23-11/h3-6H,7-8,15H2,1-2H3,(H,16,22). The molecular formula is C14H17N7O2S. The third kappa shape index (κ3) is 3.43. The highest BCUT2D eigenvalue weighted by Gasteiger charge is 2.16. The summed E-state index contributed by atoms with van der Waals surface area (Å²) in [5.74, 6) is 7.14. The molecule has 24 heavy (non-hydrogen) atoms. The summed E-state index contributed by atoms with van der Waals surface area (Å²) in [6.07, 6.45) is 1.56. The minimum atomic E-state index is -0.146. The summed E-state index contributed by atoms with van der Waals surface area (Å²) in [5, 5.41) is 15.6. The molecule has 3 heterocycles. The van der Waals surface area contributed by atoms with E-state index in [-0.39, 0.29) is 11.7 Å². The molecule has 0 aromatic carbocycles. The minimum absolute atomic E-state index is 0.146. The Morgan fingerprint density at radius 2 is 2.25 bits per heavy atom. The molecule has 3 aromatic rings. The second-order valence-electron chi connectivity index (χ2n) is 5.14. The number of rotatable bonds is 6. The molecule has 10 heteroatoms. The second-order valence-corrected chi connectivity index (χ2v) is 6.08. The van der Waals surface area contributed by atoms with Gasteiger partial charge >= 0.3 is 0 Å². The maximum Gasteiger partial charge on any atom is 0.271 e. The van der Waals surface area contributed by atoms with E-state index in [1.165, 1.54) is 16.4 Å². The van der Waals surface area contributed by atoms with Gasteiger partial charge in [0.1, 0.15) is 5.76 Å². The van der Waals surface area contributed by atoms with Crippen molar-refractivity contribution in [1.82, 2.24) is 30.0 Å². The maximum absolute atomic E-state index is 11.9. The number of carbonyl (C=O) groups is 1. The van der Waals surface area contributed by atoms with Crippen LogP contribution < -0.4 is 11.2 Å². The van der Waals surface area contributed by atoms with Gasteiger partial charge in [-0.15, -0.1) is 10.2 Å². The lowest BCUT2D eigenvalue weighted by atomic mass is 10.4. The topological polar surface area (TPSA) is 117 Å². The van der Waals surface area contributed by atoms with Crippen LogP contribution in [0.5, 0.6) is 0 Å². The molecule has 0 aliphatic rings. The van der Waals surface area contributed by atoms with E-state index in [0.29, 0.717) is 23.4 Å². The van der Waals surface area contributed by atoms with Gasteiger partial charge in [0.2, 0.25) is 11.1 Å². The van der Waals surface area contributed by atoms with Gasteiger partial charge in [-0.05, 0) is 32.0 Å². The van der Waals surface area contributed by atoms with Crippen LogP contribution in [0.1, 0.15) is 17.1 Å². The minimum Gasteiger partial charge on any atom is -0.467 e. The fourth-order valence-corrected chi connectivity index (χ4v) is 2.81. The second kappa shape index (κ2) is 6.79. The Kier molecular flexibility index (Phi) is 4.56. The summed E-state index contributed by atoms with van der Waals surface area (Å²) < 4.78 is 8.09. The third-order valence-corrected chi connectivity index (χ3v) is 4.16. The number of nitrogens with zero attached hydrogens (tertiary/aromatic N) is 5. The van der Waals surface area contributed by atoms with Gasteiger partial charge in [-0.2, -0.15) is 5.10 Å². The molecule has 126 valence electrons. The molecule has 0 aliphatic heterocycles. The Morgan fingerprint density at radius 3 is 2.92 bits per heavy atom. The normalized spacial score (nSPS) is 10.9. The predicted octanol–water partition coefficient (Wildman–Crippen LogP) is 0.796. The van der Waals surface area contributed by atoms with Crippen molar-refractivity contribution in [2.24, 2.45) is 0 Å². The SMILES string of the molecule is Cc1cc(C)n(-c2nnc(SCC(=O)NCc3ccco3)n2N)n1. The first-order valence-corrected chi connectivity index (χ1v) is 8.19. The number of aryl methyl sites for hydroxylation is 2. The number of furan rings is 1. The number of carbonyl (C=O) groups excluding carboxylic acids is 1. The van der Waals surface area contributed by atoms with Crippen LogP contribution in [0.15, 0.2) is 34.0 Å². The molecule has 0 unspecified atom stereocenters. The summed E-state index contributed by atoms with van der Waals surface area (Å²) in [7, 11) is 0. The first-order valence-electron chi connectivity index (χ1n) is 7.20. The van der Waals surface area contributed by atoms with E-state index < -0.39 is 0 Å². The van der Waals surface area contributed by atoms with Crippen LogP contribution in [0.2, 0.25) is 0 Å². The lowest BCUT2D eigenvalue weighted by Gasteiger charge is -2.05. The maximum atomic E-state index is 11.9. The number of nitrogens with two attached hydrogens (primary N) is 1. The smallest absolute Gasteiger partial charge is 0.271 e. The van der Waals surface area contributed by atoms with Crippen molar-refractivity contribution in [3.8, 4) is 5.95 Å². The zero-order valence-corrected chi connectivity index (χ0v) is 14.1. The Morgan fingerprint density at radius 1 is 1.42 bits per heavy atom. The van der Waals surface area contributed by atoms with Gasteiger partial charge in [0.05, 0.1) is 24.3 Å². The summed E-state index contributed by atoms with van der Waals surface area (Å²) in [6, 6.07) is 5.49. The quantitative estimate of drug-likeness (QED) is 0.500. The van der Waals surface area contributed by atoms with Crippen molar-refractivity contribution in [3.05, 3.63) is 41.6 Å². The van der Waals surface area contributed by atoms with Crippen molar-refractivity contribution in [2.75, 3.05) is 11.6 Å². The molecule has 0 aliphatic carbocycles. The number of amides is 1. The summed E-state index contributed by atoms with van der Waals surface area (Å²) in [6.45, 7) is 4.14. The molecule has 1 amide bonds. The molecule has 0 spiro atoms. The molecular weight excluding hydrogens is 330 g/mol. The molecule has 0 radical (unpaired) electrons. The van der Waals surface area contributed by atoms with Crippen LogP contribution in [-0.4, -0.2) is 36.3 Å². The summed E-state index contributed by atoms with van der Waals surface area (Å²) >= 11 is 1.20. The van der Waals surface area contributed by atoms with E-state index in [4.69, 9.17) is 10.3 Å². The van der Waals surface area contributed by atoms with Gasteiger partial charge in [0, 0.05) is 5.69 Å². The summed E-state index contributed by atoms with van der Waals surface area (Å²) in [5.41, 5.74) is 1.77. The van der Waals surface area contributed by atoms with E-state index in [0.717, 1.165) is 11.4 Å². The average molecular weight is 347 g/mol. The molecule has 0 bridgehead atoms. The van der Waals surface area contributed by atoms with Crippen LogP contribution in [0.25, 0.3) is 5.95 Å². The van der Waals surface area contributed by atoms with Crippen LogP contribution in [-0.2, 0) is 11.3 Å². The lowest BCUT2D eigenvalue weighted by molar-refractivity contribution is -0.118. The molecule has 9 nitrogen and oxygen atoms in total. The fraction of sp³-hybridized carbons (Fsp3) is 0.286. The van der Waals surface area contributed by atoms with Crippen LogP contribution >= 0.6 is 11.8 Å². The van der Waals surface area contributed by atoms with Gasteiger partial charge in [0.25, 0.3) is 5.95 Å². The first-order chi connectivity index (χ1) is 11.5. The van der Waals surface area contributed by atoms with Crippen LogP contribution in [0.3, 0.4) is 0 Å². The number of nitrogens with one attached hydrogen (secondary N) is 1. The van der Waals surface area contributed by atoms with E-state index in [1.54, 1.807) is 23.1 Å². The van der Waals surface area contributed by atoms with E-state index in [2.05, 4.69) is 20.6 Å². The molecule has 0 saturated carbocycles. The van der Waals surface area contributed by atoms with Gasteiger partial charge < -0.3 is 15.6 Å². The molecule has 3 N–H and O–H groups in total. The lowest BCUT2D eigenvalue weighted by Crippen LogP contribution is -2.25. The fourth-order valence-electron chi connectivity index (χ4n) is 2.12. The zero-order chi connectivity index (χ0) is 17.1. The Labute approximate surface area is 142 Å². The number of hydrogen-bond donors (Lipinski definition) is 2. The number of hydrogen-bond acceptors (Lipinski definition) is 7. The van der Waals surface area contributed by atoms with Crippen molar-refractivity contribution in [2.45, 2.75) is 25.5 Å². The van der Waals surface area contributed by atoms with Crippen molar-refractivity contribution in [3.63, 3.8) is 0 Å². The van der Waals surface area contributed by atoms with Crippen LogP contribution in [0.4, 0.5) is 0 Å². The zero-order valence-electron chi connectivity index (χ0n) is 13.3. The summed E-state index contributed by atoms with van der Waals surface area (Å²) in [4.78, 5) is 11.9. The van der Waals surface area contributed by atoms with Gasteiger partial charge in [-0.1, -0.05) is 11.8 Å². The highest BCUT2D eigenvalue weighted by atomic mass is 32.2. The third-order valence-electron chi connectivity index (χ3n) is 3.22. The molecule has 0 saturated heterocycles. The number of aromatic nitrogens is 5. The van der Waals surface area contributed by atoms with E-state index in [1.807, 2.05) is 19.9 Å². The molecule has 0 fully saturated rings. The van der Waals surface area contributed by atoms with E-state index >= 15 is 0 Å². The van der Waals surface area contributed by atoms with Gasteiger partial charge in [0.15, 0.2) is 0 Å². The first kappa shape index (κ1) is 16.1. The van der Waals surface area contributed by atoms with Crippen LogP contribution in [0, 0.1) is 13.8 Å². The predicted molar refractivity (Wildman–Crippen MR) is 88.0 cm³/mol. The molecule has 3 aromatic heterocycles. The molecule has 3 rings (SSSR count). The largest absolute Gasteiger partial charge is 0.467 e. The Hall–Kier alpha value is -2.75. The monoisotopic (exact) mass is 347 g/mol. The average Bonchev–Trinajstić information content (AvgIpc) is 3.25. The number of thioether (sulfide) groups is 1. The number of nitrogen functional groups attached to an aromatic ring is 1. The Balaban J connectivity index is 1.60. The highest BCUT2D eigenvalue weighted by molar-refractivity contribution is 7.99. The van der Waals surface area contributed by atoms with E-state index in [9.17, 15) is 4.79 Å². The highest BCUT2D eigenvalue weighted by Crippen LogP contribution is 2.17. The van der Waals surface area contributed by atoms with Gasteiger partial charge in [-0.3, -0.25) is 4.79 Å². The van der Waals surface area contributed by atoms with Crippen molar-refractivity contribution < 1.29 is 9.21 Å². The molecule has 0 atom stereocenters. The van der Waals surface area contributed by atoms with Crippen molar-refractivity contribution >= 4 is 17.7 Å².